The Morgan fingerprint density at radius 1 is 1.09 bits per heavy atom. The molecular weight excluding hydrogens is 464 g/mol. The zero-order valence-electron chi connectivity index (χ0n) is 19.3. The second-order valence-corrected chi connectivity index (χ2v) is 9.09. The van der Waals surface area contributed by atoms with Crippen LogP contribution in [0.3, 0.4) is 0 Å². The molecule has 0 spiro atoms. The Bertz CT molecular complexity index is 1320. The molecule has 8 nitrogen and oxygen atoms in total. The summed E-state index contributed by atoms with van der Waals surface area (Å²) < 4.78 is 0. The van der Waals surface area contributed by atoms with Gasteiger partial charge in [0.05, 0.1) is 23.5 Å². The monoisotopic (exact) mass is 490 g/mol. The van der Waals surface area contributed by atoms with Crippen LogP contribution in [0.2, 0.25) is 5.02 Å². The molecule has 0 radical (unpaired) electrons. The summed E-state index contributed by atoms with van der Waals surface area (Å²) in [6.07, 6.45) is 6.55. The lowest BCUT2D eigenvalue weighted by Gasteiger charge is -2.34. The van der Waals surface area contributed by atoms with Crippen molar-refractivity contribution in [3.63, 3.8) is 0 Å². The third-order valence-electron chi connectivity index (χ3n) is 6.49. The minimum Gasteiger partial charge on any atom is -0.375 e. The van der Waals surface area contributed by atoms with Crippen molar-refractivity contribution in [2.24, 2.45) is 0 Å². The molecule has 1 aliphatic rings. The maximum Gasteiger partial charge on any atom is 0.241 e. The Labute approximate surface area is 208 Å². The molecule has 0 saturated carbocycles. The zero-order valence-corrected chi connectivity index (χ0v) is 20.0. The smallest absolute Gasteiger partial charge is 0.241 e. The van der Waals surface area contributed by atoms with Gasteiger partial charge in [-0.2, -0.15) is 5.10 Å². The van der Waals surface area contributed by atoms with Gasteiger partial charge in [0.15, 0.2) is 5.78 Å². The van der Waals surface area contributed by atoms with Gasteiger partial charge >= 0.3 is 0 Å². The predicted molar refractivity (Wildman–Crippen MR) is 137 cm³/mol. The van der Waals surface area contributed by atoms with E-state index in [1.165, 1.54) is 5.56 Å². The fourth-order valence-corrected chi connectivity index (χ4v) is 4.67. The van der Waals surface area contributed by atoms with Crippen molar-refractivity contribution in [1.82, 2.24) is 25.0 Å². The molecule has 1 fully saturated rings. The first-order valence-corrected chi connectivity index (χ1v) is 12.1. The number of aromatic nitrogens is 3. The van der Waals surface area contributed by atoms with E-state index in [1.54, 1.807) is 24.3 Å². The van der Waals surface area contributed by atoms with Gasteiger partial charge in [-0.3, -0.25) is 19.6 Å². The summed E-state index contributed by atoms with van der Waals surface area (Å²) in [5.74, 6) is -0.141. The lowest BCUT2D eigenvalue weighted by Crippen LogP contribution is -2.50. The van der Waals surface area contributed by atoms with Crippen molar-refractivity contribution in [3.05, 3.63) is 82.8 Å². The largest absolute Gasteiger partial charge is 0.375 e. The van der Waals surface area contributed by atoms with E-state index in [2.05, 4.69) is 25.4 Å². The number of ketones is 1. The third-order valence-corrected chi connectivity index (χ3v) is 6.89. The number of hydrogen-bond donors (Lipinski definition) is 3. The first-order chi connectivity index (χ1) is 17.1. The van der Waals surface area contributed by atoms with Gasteiger partial charge in [-0.25, -0.2) is 0 Å². The molecule has 4 aromatic rings. The summed E-state index contributed by atoms with van der Waals surface area (Å²) >= 11 is 6.59. The van der Waals surface area contributed by atoms with Gasteiger partial charge in [-0.1, -0.05) is 29.8 Å². The van der Waals surface area contributed by atoms with E-state index in [1.807, 2.05) is 41.7 Å². The number of amides is 1. The summed E-state index contributed by atoms with van der Waals surface area (Å²) in [5, 5.41) is 11.3. The number of benzene rings is 2. The number of carbonyl (C=O) groups excluding carboxylic acids is 2. The van der Waals surface area contributed by atoms with Crippen molar-refractivity contribution in [1.29, 1.82) is 0 Å². The fourth-order valence-electron chi connectivity index (χ4n) is 4.39. The fraction of sp³-hybridized carbons (Fsp3) is 0.269. The van der Waals surface area contributed by atoms with Crippen molar-refractivity contribution in [3.8, 4) is 0 Å². The van der Waals surface area contributed by atoms with Gasteiger partial charge in [0, 0.05) is 61.8 Å². The van der Waals surface area contributed by atoms with Crippen LogP contribution in [0, 0.1) is 0 Å². The lowest BCUT2D eigenvalue weighted by atomic mass is 10.0. The van der Waals surface area contributed by atoms with Crippen molar-refractivity contribution >= 4 is 39.9 Å². The standard InChI is InChI=1S/C26H27ClN6O2/c27-25-21(26(35)20-5-4-19-6-8-28-23(19)14-20)2-1-3-22(25)29-17-24(34)33-12-10-32(11-13-33)9-7-18-15-30-31-16-18/h1-6,8,14-16,28-29H,7,9-13,17H2,(H,30,31). The molecule has 0 atom stereocenters. The average molecular weight is 491 g/mol. The summed E-state index contributed by atoms with van der Waals surface area (Å²) in [4.78, 5) is 33.3. The number of H-pyrrole nitrogens is 2. The van der Waals surface area contributed by atoms with Crippen LogP contribution in [0.15, 0.2) is 61.1 Å². The molecule has 1 saturated heterocycles. The number of nitrogens with one attached hydrogen (secondary N) is 3. The van der Waals surface area contributed by atoms with Gasteiger partial charge in [0.2, 0.25) is 5.91 Å². The highest BCUT2D eigenvalue weighted by molar-refractivity contribution is 6.37. The molecular formula is C26H27ClN6O2. The normalized spacial score (nSPS) is 14.4. The Morgan fingerprint density at radius 3 is 2.74 bits per heavy atom. The molecule has 35 heavy (non-hydrogen) atoms. The number of hydrogen-bond acceptors (Lipinski definition) is 5. The molecule has 0 bridgehead atoms. The first-order valence-electron chi connectivity index (χ1n) is 11.7. The summed E-state index contributed by atoms with van der Waals surface area (Å²) in [6.45, 7) is 4.16. The highest BCUT2D eigenvalue weighted by Crippen LogP contribution is 2.28. The third kappa shape index (κ3) is 5.23. The number of anilines is 1. The predicted octanol–water partition coefficient (Wildman–Crippen LogP) is 3.57. The number of aromatic amines is 2. The van der Waals surface area contributed by atoms with E-state index in [0.29, 0.717) is 34.9 Å². The second kappa shape index (κ2) is 10.3. The van der Waals surface area contributed by atoms with Crippen LogP contribution >= 0.6 is 11.6 Å². The number of carbonyl (C=O) groups is 2. The molecule has 0 aliphatic carbocycles. The highest BCUT2D eigenvalue weighted by Gasteiger charge is 2.22. The highest BCUT2D eigenvalue weighted by atomic mass is 35.5. The van der Waals surface area contributed by atoms with Crippen LogP contribution < -0.4 is 5.32 Å². The van der Waals surface area contributed by atoms with Gasteiger partial charge in [-0.15, -0.1) is 0 Å². The number of nitrogens with zero attached hydrogens (tertiary/aromatic N) is 3. The first kappa shape index (κ1) is 23.1. The van der Waals surface area contributed by atoms with Crippen LogP contribution in [0.1, 0.15) is 21.5 Å². The van der Waals surface area contributed by atoms with Crippen LogP contribution in [-0.2, 0) is 11.2 Å². The molecule has 3 N–H and O–H groups in total. The SMILES string of the molecule is O=C(c1ccc2cc[nH]c2c1)c1cccc(NCC(=O)N2CCN(CCc3cn[nH]c3)CC2)c1Cl. The maximum atomic E-state index is 13.1. The Kier molecular flexibility index (Phi) is 6.83. The van der Waals surface area contributed by atoms with Crippen molar-refractivity contribution in [2.75, 3.05) is 44.6 Å². The summed E-state index contributed by atoms with van der Waals surface area (Å²) in [7, 11) is 0. The molecule has 2 aromatic carbocycles. The van der Waals surface area contributed by atoms with Gasteiger partial charge in [-0.05, 0) is 41.6 Å². The quantitative estimate of drug-likeness (QED) is 0.328. The number of piperazine rings is 1. The minimum absolute atomic E-state index is 0.0180. The maximum absolute atomic E-state index is 13.1. The van der Waals surface area contributed by atoms with Crippen LogP contribution in [0.5, 0.6) is 0 Å². The van der Waals surface area contributed by atoms with E-state index in [9.17, 15) is 9.59 Å². The van der Waals surface area contributed by atoms with Gasteiger partial charge < -0.3 is 15.2 Å². The van der Waals surface area contributed by atoms with Gasteiger partial charge in [0.1, 0.15) is 0 Å². The Hall–Kier alpha value is -3.62. The summed E-state index contributed by atoms with van der Waals surface area (Å²) in [5.41, 5.74) is 3.62. The minimum atomic E-state index is -0.159. The number of rotatable bonds is 8. The average Bonchev–Trinajstić information content (AvgIpc) is 3.58. The molecule has 2 aromatic heterocycles. The van der Waals surface area contributed by atoms with E-state index in [0.717, 1.165) is 37.0 Å². The van der Waals surface area contributed by atoms with E-state index < -0.39 is 0 Å². The molecule has 180 valence electrons. The second-order valence-electron chi connectivity index (χ2n) is 8.71. The molecule has 9 heteroatoms. The zero-order chi connectivity index (χ0) is 24.2. The van der Waals surface area contributed by atoms with Crippen molar-refractivity contribution in [2.45, 2.75) is 6.42 Å². The lowest BCUT2D eigenvalue weighted by molar-refractivity contribution is -0.131. The number of halogens is 1. The molecule has 1 amide bonds. The van der Waals surface area contributed by atoms with E-state index in [4.69, 9.17) is 11.6 Å². The van der Waals surface area contributed by atoms with E-state index >= 15 is 0 Å². The van der Waals surface area contributed by atoms with Crippen LogP contribution in [0.25, 0.3) is 10.9 Å². The van der Waals surface area contributed by atoms with Crippen LogP contribution in [-0.4, -0.2) is 75.9 Å². The Morgan fingerprint density at radius 2 is 1.94 bits per heavy atom. The van der Waals surface area contributed by atoms with Crippen LogP contribution in [0.4, 0.5) is 5.69 Å². The molecule has 0 unspecified atom stereocenters. The van der Waals surface area contributed by atoms with Crippen molar-refractivity contribution < 1.29 is 9.59 Å². The number of fused-ring (bicyclic) bond motifs is 1. The van der Waals surface area contributed by atoms with Gasteiger partial charge in [0.25, 0.3) is 0 Å². The topological polar surface area (TPSA) is 97.1 Å². The summed E-state index contributed by atoms with van der Waals surface area (Å²) in [6, 6.07) is 12.8. The van der Waals surface area contributed by atoms with E-state index in [-0.39, 0.29) is 18.2 Å². The Balaban J connectivity index is 1.16. The molecule has 1 aliphatic heterocycles. The molecule has 3 heterocycles. The molecule has 5 rings (SSSR count).